The van der Waals surface area contributed by atoms with E-state index in [9.17, 15) is 19.2 Å². The van der Waals surface area contributed by atoms with Crippen LogP contribution in [-0.4, -0.2) is 105 Å². The molecule has 2 heterocycles. The highest BCUT2D eigenvalue weighted by Gasteiger charge is 2.31. The number of amides is 4. The molecule has 3 N–H and O–H groups in total. The Morgan fingerprint density at radius 3 is 2.54 bits per heavy atom. The zero-order chi connectivity index (χ0) is 26.8. The number of carbonyl (C=O) groups excluding carboxylic acids is 4. The molecule has 0 unspecified atom stereocenters. The third-order valence-corrected chi connectivity index (χ3v) is 6.51. The lowest BCUT2D eigenvalue weighted by molar-refractivity contribution is -0.137. The number of ether oxygens (including phenoxy) is 2. The number of nitrogens with one attached hydrogen (secondary N) is 3. The van der Waals surface area contributed by atoms with Crippen LogP contribution in [0.25, 0.3) is 0 Å². The van der Waals surface area contributed by atoms with Gasteiger partial charge in [-0.2, -0.15) is 0 Å². The molecule has 11 nitrogen and oxygen atoms in total. The first kappa shape index (κ1) is 28.4. The number of hydrogen-bond acceptors (Lipinski definition) is 7. The van der Waals surface area contributed by atoms with Gasteiger partial charge in [-0.15, -0.1) is 0 Å². The van der Waals surface area contributed by atoms with Gasteiger partial charge in [-0.05, 0) is 31.0 Å². The highest BCUT2D eigenvalue weighted by atomic mass is 16.5. The van der Waals surface area contributed by atoms with E-state index in [1.54, 1.807) is 31.3 Å². The minimum atomic E-state index is -1.12. The van der Waals surface area contributed by atoms with E-state index < -0.39 is 29.8 Å². The Labute approximate surface area is 218 Å². The minimum Gasteiger partial charge on any atom is -0.491 e. The van der Waals surface area contributed by atoms with E-state index in [2.05, 4.69) is 20.9 Å². The van der Waals surface area contributed by atoms with E-state index in [0.717, 1.165) is 26.1 Å². The second kappa shape index (κ2) is 13.9. The first-order chi connectivity index (χ1) is 17.8. The average molecular weight is 518 g/mol. The van der Waals surface area contributed by atoms with Crippen molar-refractivity contribution in [2.75, 3.05) is 59.6 Å². The molecule has 0 aliphatic carbocycles. The molecular weight excluding hydrogens is 478 g/mol. The second-order valence-electron chi connectivity index (χ2n) is 9.72. The number of morpholine rings is 1. The topological polar surface area (TPSA) is 129 Å². The summed E-state index contributed by atoms with van der Waals surface area (Å²) in [6, 6.07) is 4.81. The maximum atomic E-state index is 13.1. The Morgan fingerprint density at radius 2 is 1.81 bits per heavy atom. The van der Waals surface area contributed by atoms with Crippen LogP contribution in [0.4, 0.5) is 0 Å². The monoisotopic (exact) mass is 517 g/mol. The normalized spacial score (nSPS) is 22.4. The largest absolute Gasteiger partial charge is 0.491 e. The zero-order valence-corrected chi connectivity index (χ0v) is 22.0. The van der Waals surface area contributed by atoms with Crippen LogP contribution in [0.15, 0.2) is 24.3 Å². The first-order valence-electron chi connectivity index (χ1n) is 12.9. The highest BCUT2D eigenvalue weighted by molar-refractivity contribution is 6.01. The summed E-state index contributed by atoms with van der Waals surface area (Å²) >= 11 is 0. The van der Waals surface area contributed by atoms with E-state index in [-0.39, 0.29) is 37.0 Å². The molecule has 3 rings (SSSR count). The van der Waals surface area contributed by atoms with Crippen molar-refractivity contribution in [3.8, 4) is 5.75 Å². The van der Waals surface area contributed by atoms with Crippen LogP contribution in [0.3, 0.4) is 0 Å². The summed E-state index contributed by atoms with van der Waals surface area (Å²) < 4.78 is 11.2. The number of likely N-dealkylation sites (N-methyl/N-ethyl adjacent to an activating group) is 1. The van der Waals surface area contributed by atoms with Crippen molar-refractivity contribution < 1.29 is 28.7 Å². The Kier molecular flexibility index (Phi) is 10.7. The first-order valence-corrected chi connectivity index (χ1v) is 12.9. The van der Waals surface area contributed by atoms with Crippen LogP contribution in [0, 0.1) is 5.92 Å². The molecule has 11 heteroatoms. The van der Waals surface area contributed by atoms with Gasteiger partial charge in [-0.1, -0.05) is 26.0 Å². The number of nitrogens with zero attached hydrogens (tertiary/aromatic N) is 2. The molecular formula is C26H39N5O6. The summed E-state index contributed by atoms with van der Waals surface area (Å²) in [5, 5.41) is 8.30. The van der Waals surface area contributed by atoms with Crippen LogP contribution in [-0.2, 0) is 19.1 Å². The van der Waals surface area contributed by atoms with Gasteiger partial charge in [0.15, 0.2) is 0 Å². The van der Waals surface area contributed by atoms with Crippen LogP contribution in [0.1, 0.15) is 37.0 Å². The average Bonchev–Trinajstić information content (AvgIpc) is 2.89. The van der Waals surface area contributed by atoms with E-state index in [1.807, 2.05) is 13.8 Å². The minimum absolute atomic E-state index is 0.165. The third-order valence-electron chi connectivity index (χ3n) is 6.51. The van der Waals surface area contributed by atoms with Gasteiger partial charge in [0.25, 0.3) is 5.91 Å². The quantitative estimate of drug-likeness (QED) is 0.453. The molecule has 4 amide bonds. The summed E-state index contributed by atoms with van der Waals surface area (Å²) in [5.74, 6) is -1.54. The predicted molar refractivity (Wildman–Crippen MR) is 137 cm³/mol. The van der Waals surface area contributed by atoms with Gasteiger partial charge in [-0.3, -0.25) is 24.1 Å². The molecule has 1 aromatic rings. The molecule has 2 aliphatic heterocycles. The standard InChI is InChI=1S/C26H39N5O6/c1-18(2)23-26(35)30(3)11-16-37-21-8-5-4-7-19(21)24(33)28-20(17-22(32)29-23)25(34)27-9-6-10-31-12-14-36-15-13-31/h4-5,7-8,18,20,23H,6,9-17H2,1-3H3,(H,27,34)(H,28,33)(H,29,32)/t20-,23+/m0/s1. The number of benzene rings is 1. The summed E-state index contributed by atoms with van der Waals surface area (Å²) in [4.78, 5) is 56.0. The molecule has 1 aromatic carbocycles. The second-order valence-corrected chi connectivity index (χ2v) is 9.72. The molecule has 0 bridgehead atoms. The van der Waals surface area contributed by atoms with E-state index in [0.29, 0.717) is 25.5 Å². The van der Waals surface area contributed by atoms with E-state index in [4.69, 9.17) is 9.47 Å². The fraction of sp³-hybridized carbons (Fsp3) is 0.615. The molecule has 0 spiro atoms. The summed E-state index contributed by atoms with van der Waals surface area (Å²) in [7, 11) is 1.64. The lowest BCUT2D eigenvalue weighted by atomic mass is 10.0. The third kappa shape index (κ3) is 8.43. The molecule has 2 aliphatic rings. The fourth-order valence-electron chi connectivity index (χ4n) is 4.26. The number of hydrogen-bond donors (Lipinski definition) is 3. The van der Waals surface area contributed by atoms with Crippen molar-refractivity contribution in [1.29, 1.82) is 0 Å². The number of para-hydroxylation sites is 1. The van der Waals surface area contributed by atoms with Gasteiger partial charge >= 0.3 is 0 Å². The summed E-state index contributed by atoms with van der Waals surface area (Å²) in [6.45, 7) is 8.48. The Morgan fingerprint density at radius 1 is 1.08 bits per heavy atom. The van der Waals surface area contributed by atoms with Gasteiger partial charge in [0.05, 0.1) is 31.7 Å². The molecule has 1 fully saturated rings. The van der Waals surface area contributed by atoms with E-state index >= 15 is 0 Å². The van der Waals surface area contributed by atoms with Crippen LogP contribution >= 0.6 is 0 Å². The molecule has 0 radical (unpaired) electrons. The SMILES string of the molecule is CC(C)[C@H]1NC(=O)C[C@@H](C(=O)NCCCN2CCOCC2)NC(=O)c2ccccc2OCCN(C)C1=O. The van der Waals surface area contributed by atoms with Crippen LogP contribution in [0.5, 0.6) is 5.75 Å². The van der Waals surface area contributed by atoms with Gasteiger partial charge in [-0.25, -0.2) is 0 Å². The number of carbonyl (C=O) groups is 4. The van der Waals surface area contributed by atoms with Crippen molar-refractivity contribution in [2.24, 2.45) is 5.92 Å². The van der Waals surface area contributed by atoms with Crippen molar-refractivity contribution in [2.45, 2.75) is 38.8 Å². The fourth-order valence-corrected chi connectivity index (χ4v) is 4.26. The lowest BCUT2D eigenvalue weighted by Gasteiger charge is -2.28. The van der Waals surface area contributed by atoms with Gasteiger partial charge < -0.3 is 30.3 Å². The lowest BCUT2D eigenvalue weighted by Crippen LogP contribution is -2.54. The van der Waals surface area contributed by atoms with Gasteiger partial charge in [0.1, 0.15) is 24.4 Å². The Balaban J connectivity index is 1.74. The maximum Gasteiger partial charge on any atom is 0.255 e. The van der Waals surface area contributed by atoms with Crippen molar-refractivity contribution in [1.82, 2.24) is 25.8 Å². The van der Waals surface area contributed by atoms with Crippen molar-refractivity contribution >= 4 is 23.6 Å². The van der Waals surface area contributed by atoms with E-state index in [1.165, 1.54) is 4.90 Å². The Hall–Kier alpha value is -3.18. The summed E-state index contributed by atoms with van der Waals surface area (Å²) in [5.41, 5.74) is 0.249. The summed E-state index contributed by atoms with van der Waals surface area (Å²) in [6.07, 6.45) is 0.426. The van der Waals surface area contributed by atoms with Crippen molar-refractivity contribution in [3.05, 3.63) is 29.8 Å². The molecule has 37 heavy (non-hydrogen) atoms. The maximum absolute atomic E-state index is 13.1. The van der Waals surface area contributed by atoms with Gasteiger partial charge in [0.2, 0.25) is 17.7 Å². The molecule has 204 valence electrons. The predicted octanol–water partition coefficient (Wildman–Crippen LogP) is 0.00520. The molecule has 2 atom stereocenters. The number of rotatable bonds is 6. The molecule has 0 aromatic heterocycles. The highest BCUT2D eigenvalue weighted by Crippen LogP contribution is 2.19. The van der Waals surface area contributed by atoms with Crippen LogP contribution in [0.2, 0.25) is 0 Å². The zero-order valence-electron chi connectivity index (χ0n) is 22.0. The van der Waals surface area contributed by atoms with Crippen molar-refractivity contribution in [3.63, 3.8) is 0 Å². The van der Waals surface area contributed by atoms with Crippen LogP contribution < -0.4 is 20.7 Å². The molecule has 0 saturated carbocycles. The number of fused-ring (bicyclic) bond motifs is 1. The van der Waals surface area contributed by atoms with Gasteiger partial charge in [0, 0.05) is 26.7 Å². The Bertz CT molecular complexity index is 949. The molecule has 1 saturated heterocycles. The smallest absolute Gasteiger partial charge is 0.255 e.